The normalized spacial score (nSPS) is 16.1. The maximum absolute atomic E-state index is 12.3. The van der Waals surface area contributed by atoms with Crippen molar-refractivity contribution in [1.29, 1.82) is 0 Å². The van der Waals surface area contributed by atoms with Gasteiger partial charge in [0.1, 0.15) is 0 Å². The Morgan fingerprint density at radius 3 is 2.58 bits per heavy atom. The third-order valence-corrected chi connectivity index (χ3v) is 3.38. The van der Waals surface area contributed by atoms with Crippen molar-refractivity contribution in [3.8, 4) is 0 Å². The van der Waals surface area contributed by atoms with Crippen LogP contribution in [-0.2, 0) is 17.3 Å². The van der Waals surface area contributed by atoms with E-state index in [0.717, 1.165) is 18.4 Å². The third-order valence-electron chi connectivity index (χ3n) is 3.38. The Balaban J connectivity index is 1.81. The number of amides is 1. The van der Waals surface area contributed by atoms with Crippen LogP contribution in [-0.4, -0.2) is 26.1 Å². The van der Waals surface area contributed by atoms with Crippen molar-refractivity contribution in [1.82, 2.24) is 20.2 Å². The molecule has 7 nitrogen and oxygen atoms in total. The molecule has 1 amide bonds. The standard InChI is InChI=1S/C12H14N6O/c1-18-16-11(15-17-18)14-10(19)12(6-7-12)8-2-4-9(13)5-3-8/h2-5H,6-7,13H2,1H3,(H,14,16,19). The van der Waals surface area contributed by atoms with Gasteiger partial charge in [-0.3, -0.25) is 10.1 Å². The lowest BCUT2D eigenvalue weighted by Crippen LogP contribution is -2.28. The van der Waals surface area contributed by atoms with Crippen LogP contribution in [0.3, 0.4) is 0 Å². The van der Waals surface area contributed by atoms with Crippen molar-refractivity contribution in [2.24, 2.45) is 7.05 Å². The van der Waals surface area contributed by atoms with E-state index in [9.17, 15) is 4.79 Å². The number of nitrogen functional groups attached to an aromatic ring is 1. The number of hydrogen-bond donors (Lipinski definition) is 2. The fourth-order valence-corrected chi connectivity index (χ4v) is 2.13. The average molecular weight is 258 g/mol. The molecule has 0 atom stereocenters. The van der Waals surface area contributed by atoms with E-state index in [1.165, 1.54) is 4.80 Å². The summed E-state index contributed by atoms with van der Waals surface area (Å²) < 4.78 is 0. The second-order valence-electron chi connectivity index (χ2n) is 4.76. The highest BCUT2D eigenvalue weighted by molar-refractivity contribution is 6.00. The van der Waals surface area contributed by atoms with Gasteiger partial charge in [0.25, 0.3) is 5.95 Å². The van der Waals surface area contributed by atoms with Gasteiger partial charge in [-0.2, -0.15) is 4.80 Å². The molecule has 1 fully saturated rings. The quantitative estimate of drug-likeness (QED) is 0.779. The van der Waals surface area contributed by atoms with Crippen LogP contribution in [0.2, 0.25) is 0 Å². The van der Waals surface area contributed by atoms with Gasteiger partial charge in [-0.05, 0) is 35.8 Å². The minimum absolute atomic E-state index is 0.0923. The summed E-state index contributed by atoms with van der Waals surface area (Å²) in [7, 11) is 1.65. The van der Waals surface area contributed by atoms with E-state index in [-0.39, 0.29) is 11.9 Å². The van der Waals surface area contributed by atoms with Crippen LogP contribution in [0.5, 0.6) is 0 Å². The van der Waals surface area contributed by atoms with E-state index in [1.807, 2.05) is 24.3 Å². The molecule has 0 bridgehead atoms. The van der Waals surface area contributed by atoms with Crippen LogP contribution in [0.4, 0.5) is 11.6 Å². The summed E-state index contributed by atoms with van der Waals surface area (Å²) in [6.07, 6.45) is 1.64. The number of tetrazole rings is 1. The lowest BCUT2D eigenvalue weighted by molar-refractivity contribution is -0.118. The van der Waals surface area contributed by atoms with E-state index in [0.29, 0.717) is 5.69 Å². The van der Waals surface area contributed by atoms with Crippen LogP contribution < -0.4 is 11.1 Å². The van der Waals surface area contributed by atoms with Gasteiger partial charge in [-0.15, -0.1) is 5.10 Å². The van der Waals surface area contributed by atoms with Crippen LogP contribution in [0.25, 0.3) is 0 Å². The molecular weight excluding hydrogens is 244 g/mol. The number of carbonyl (C=O) groups excluding carboxylic acids is 1. The molecule has 3 N–H and O–H groups in total. The first-order valence-electron chi connectivity index (χ1n) is 6.02. The second kappa shape index (κ2) is 4.04. The van der Waals surface area contributed by atoms with Gasteiger partial charge >= 0.3 is 0 Å². The third kappa shape index (κ3) is 2.03. The molecule has 1 saturated carbocycles. The molecule has 1 aliphatic rings. The number of aryl methyl sites for hydroxylation is 1. The summed E-state index contributed by atoms with van der Waals surface area (Å²) in [5.74, 6) is 0.138. The number of nitrogens with two attached hydrogens (primary N) is 1. The Bertz CT molecular complexity index is 613. The van der Waals surface area contributed by atoms with Gasteiger partial charge < -0.3 is 5.73 Å². The van der Waals surface area contributed by atoms with Crippen molar-refractivity contribution in [3.63, 3.8) is 0 Å². The molecule has 0 saturated heterocycles. The first kappa shape index (κ1) is 11.6. The van der Waals surface area contributed by atoms with Gasteiger partial charge in [-0.1, -0.05) is 17.2 Å². The summed E-state index contributed by atoms with van der Waals surface area (Å²) in [6.45, 7) is 0. The summed E-state index contributed by atoms with van der Waals surface area (Å²) in [6, 6.07) is 7.41. The van der Waals surface area contributed by atoms with Crippen molar-refractivity contribution < 1.29 is 4.79 Å². The van der Waals surface area contributed by atoms with E-state index >= 15 is 0 Å². The highest BCUT2D eigenvalue weighted by atomic mass is 16.2. The molecule has 0 aliphatic heterocycles. The molecule has 1 heterocycles. The highest BCUT2D eigenvalue weighted by Gasteiger charge is 2.51. The first-order chi connectivity index (χ1) is 9.10. The van der Waals surface area contributed by atoms with Gasteiger partial charge in [0.2, 0.25) is 5.91 Å². The smallest absolute Gasteiger partial charge is 0.270 e. The number of nitrogens with one attached hydrogen (secondary N) is 1. The number of aromatic nitrogens is 4. The van der Waals surface area contributed by atoms with Crippen molar-refractivity contribution in [2.45, 2.75) is 18.3 Å². The fourth-order valence-electron chi connectivity index (χ4n) is 2.13. The molecule has 0 radical (unpaired) electrons. The van der Waals surface area contributed by atoms with Gasteiger partial charge in [0.15, 0.2) is 0 Å². The lowest BCUT2D eigenvalue weighted by atomic mass is 9.95. The molecular formula is C12H14N6O. The fraction of sp³-hybridized carbons (Fsp3) is 0.333. The van der Waals surface area contributed by atoms with E-state index < -0.39 is 5.41 Å². The minimum Gasteiger partial charge on any atom is -0.399 e. The Morgan fingerprint density at radius 1 is 1.37 bits per heavy atom. The highest BCUT2D eigenvalue weighted by Crippen LogP contribution is 2.48. The maximum Gasteiger partial charge on any atom is 0.270 e. The van der Waals surface area contributed by atoms with E-state index in [2.05, 4.69) is 20.7 Å². The summed E-state index contributed by atoms with van der Waals surface area (Å²) in [5, 5.41) is 14.1. The zero-order valence-corrected chi connectivity index (χ0v) is 10.5. The Labute approximate surface area is 109 Å². The first-order valence-corrected chi connectivity index (χ1v) is 6.02. The number of carbonyl (C=O) groups is 1. The average Bonchev–Trinajstić information content (AvgIpc) is 3.10. The number of rotatable bonds is 3. The topological polar surface area (TPSA) is 98.7 Å². The predicted octanol–water partition coefficient (Wildman–Crippen LogP) is 0.463. The molecule has 2 aromatic rings. The largest absolute Gasteiger partial charge is 0.399 e. The summed E-state index contributed by atoms with van der Waals surface area (Å²) in [5.41, 5.74) is 6.86. The molecule has 1 aromatic carbocycles. The number of hydrogen-bond acceptors (Lipinski definition) is 5. The summed E-state index contributed by atoms with van der Waals surface area (Å²) >= 11 is 0. The SMILES string of the molecule is Cn1nnc(NC(=O)C2(c3ccc(N)cc3)CC2)n1. The molecule has 0 spiro atoms. The number of anilines is 2. The van der Waals surface area contributed by atoms with Gasteiger partial charge in [0.05, 0.1) is 12.5 Å². The van der Waals surface area contributed by atoms with Crippen LogP contribution in [0, 0.1) is 0 Å². The zero-order chi connectivity index (χ0) is 13.5. The molecule has 1 aromatic heterocycles. The Kier molecular flexibility index (Phi) is 2.48. The second-order valence-corrected chi connectivity index (χ2v) is 4.76. The molecule has 7 heteroatoms. The maximum atomic E-state index is 12.3. The monoisotopic (exact) mass is 258 g/mol. The minimum atomic E-state index is -0.465. The van der Waals surface area contributed by atoms with E-state index in [1.54, 1.807) is 7.05 Å². The zero-order valence-electron chi connectivity index (χ0n) is 10.5. The van der Waals surface area contributed by atoms with Crippen molar-refractivity contribution in [3.05, 3.63) is 29.8 Å². The Hall–Kier alpha value is -2.44. The van der Waals surface area contributed by atoms with Gasteiger partial charge in [0, 0.05) is 5.69 Å². The molecule has 19 heavy (non-hydrogen) atoms. The van der Waals surface area contributed by atoms with Gasteiger partial charge in [-0.25, -0.2) is 0 Å². The van der Waals surface area contributed by atoms with E-state index in [4.69, 9.17) is 5.73 Å². The molecule has 3 rings (SSSR count). The predicted molar refractivity (Wildman–Crippen MR) is 69.2 cm³/mol. The molecule has 0 unspecified atom stereocenters. The summed E-state index contributed by atoms with van der Waals surface area (Å²) in [4.78, 5) is 13.6. The van der Waals surface area contributed by atoms with Crippen LogP contribution >= 0.6 is 0 Å². The lowest BCUT2D eigenvalue weighted by Gasteiger charge is -2.14. The van der Waals surface area contributed by atoms with Crippen molar-refractivity contribution >= 4 is 17.5 Å². The molecule has 98 valence electrons. The number of nitrogens with zero attached hydrogens (tertiary/aromatic N) is 4. The Morgan fingerprint density at radius 2 is 2.05 bits per heavy atom. The molecule has 1 aliphatic carbocycles. The van der Waals surface area contributed by atoms with Crippen LogP contribution in [0.1, 0.15) is 18.4 Å². The van der Waals surface area contributed by atoms with Crippen LogP contribution in [0.15, 0.2) is 24.3 Å². The van der Waals surface area contributed by atoms with Crippen molar-refractivity contribution in [2.75, 3.05) is 11.1 Å². The number of benzene rings is 1.